The lowest BCUT2D eigenvalue weighted by Crippen LogP contribution is -2.34. The van der Waals surface area contributed by atoms with Gasteiger partial charge >= 0.3 is 0 Å². The van der Waals surface area contributed by atoms with Gasteiger partial charge in [-0.05, 0) is 25.5 Å². The van der Waals surface area contributed by atoms with Crippen molar-refractivity contribution in [3.8, 4) is 0 Å². The standard InChI is InChI=1S/C12H15Cl2NO/c1-4-8(2)15(3)12(16)9-6-5-7-10(13)11(9)14/h5-8H,4H2,1-3H3. The van der Waals surface area contributed by atoms with E-state index in [1.807, 2.05) is 13.8 Å². The fourth-order valence-corrected chi connectivity index (χ4v) is 1.71. The smallest absolute Gasteiger partial charge is 0.255 e. The summed E-state index contributed by atoms with van der Waals surface area (Å²) in [4.78, 5) is 13.8. The highest BCUT2D eigenvalue weighted by atomic mass is 35.5. The molecular formula is C12H15Cl2NO. The van der Waals surface area contributed by atoms with Crippen molar-refractivity contribution in [2.24, 2.45) is 0 Å². The van der Waals surface area contributed by atoms with Crippen LogP contribution in [-0.4, -0.2) is 23.9 Å². The lowest BCUT2D eigenvalue weighted by molar-refractivity contribution is 0.0741. The number of benzene rings is 1. The molecule has 88 valence electrons. The number of carbonyl (C=O) groups excluding carboxylic acids is 1. The van der Waals surface area contributed by atoms with Gasteiger partial charge in [-0.15, -0.1) is 0 Å². The molecule has 0 spiro atoms. The van der Waals surface area contributed by atoms with Gasteiger partial charge in [0.25, 0.3) is 5.91 Å². The van der Waals surface area contributed by atoms with E-state index in [1.54, 1.807) is 30.1 Å². The van der Waals surface area contributed by atoms with E-state index in [0.29, 0.717) is 15.6 Å². The maximum absolute atomic E-state index is 12.1. The first kappa shape index (κ1) is 13.3. The summed E-state index contributed by atoms with van der Waals surface area (Å²) in [6.45, 7) is 4.03. The van der Waals surface area contributed by atoms with Crippen LogP contribution < -0.4 is 0 Å². The molecule has 1 unspecified atom stereocenters. The van der Waals surface area contributed by atoms with Gasteiger partial charge < -0.3 is 4.90 Å². The number of amides is 1. The molecule has 1 atom stereocenters. The Bertz CT molecular complexity index is 393. The summed E-state index contributed by atoms with van der Waals surface area (Å²) in [5.41, 5.74) is 0.456. The van der Waals surface area contributed by atoms with Gasteiger partial charge in [0.15, 0.2) is 0 Å². The third kappa shape index (κ3) is 2.69. The molecule has 2 nitrogen and oxygen atoms in total. The number of nitrogens with zero attached hydrogens (tertiary/aromatic N) is 1. The van der Waals surface area contributed by atoms with E-state index in [2.05, 4.69) is 0 Å². The monoisotopic (exact) mass is 259 g/mol. The molecule has 0 heterocycles. The molecule has 1 aromatic rings. The second kappa shape index (κ2) is 5.55. The van der Waals surface area contributed by atoms with E-state index in [-0.39, 0.29) is 11.9 Å². The van der Waals surface area contributed by atoms with Crippen LogP contribution in [0.3, 0.4) is 0 Å². The Kier molecular flexibility index (Phi) is 4.63. The molecule has 0 saturated carbocycles. The Balaban J connectivity index is 3.01. The van der Waals surface area contributed by atoms with Crippen molar-refractivity contribution in [1.82, 2.24) is 4.90 Å². The summed E-state index contributed by atoms with van der Waals surface area (Å²) in [5, 5.41) is 0.731. The molecule has 0 aromatic heterocycles. The molecule has 0 aliphatic carbocycles. The van der Waals surface area contributed by atoms with Gasteiger partial charge in [0.2, 0.25) is 0 Å². The van der Waals surface area contributed by atoms with E-state index in [0.717, 1.165) is 6.42 Å². The molecule has 0 radical (unpaired) electrons. The predicted molar refractivity (Wildman–Crippen MR) is 68.3 cm³/mol. The molecule has 0 aliphatic heterocycles. The number of hydrogen-bond donors (Lipinski definition) is 0. The zero-order valence-corrected chi connectivity index (χ0v) is 11.1. The lowest BCUT2D eigenvalue weighted by atomic mass is 10.1. The van der Waals surface area contributed by atoms with E-state index >= 15 is 0 Å². The molecular weight excluding hydrogens is 245 g/mol. The molecule has 16 heavy (non-hydrogen) atoms. The van der Waals surface area contributed by atoms with Crippen molar-refractivity contribution >= 4 is 29.1 Å². The fraction of sp³-hybridized carbons (Fsp3) is 0.417. The van der Waals surface area contributed by atoms with Crippen molar-refractivity contribution in [3.63, 3.8) is 0 Å². The number of halogens is 2. The molecule has 0 bridgehead atoms. The summed E-state index contributed by atoms with van der Waals surface area (Å²) in [6, 6.07) is 5.27. The maximum atomic E-state index is 12.1. The SMILES string of the molecule is CCC(C)N(C)C(=O)c1cccc(Cl)c1Cl. The van der Waals surface area contributed by atoms with E-state index in [1.165, 1.54) is 0 Å². The number of hydrogen-bond acceptors (Lipinski definition) is 1. The summed E-state index contributed by atoms with van der Waals surface area (Å²) >= 11 is 11.9. The van der Waals surface area contributed by atoms with Crippen LogP contribution in [0, 0.1) is 0 Å². The lowest BCUT2D eigenvalue weighted by Gasteiger charge is -2.24. The minimum atomic E-state index is -0.0955. The van der Waals surface area contributed by atoms with E-state index in [9.17, 15) is 4.79 Å². The van der Waals surface area contributed by atoms with Crippen LogP contribution in [0.1, 0.15) is 30.6 Å². The zero-order chi connectivity index (χ0) is 12.3. The molecule has 1 amide bonds. The molecule has 4 heteroatoms. The van der Waals surface area contributed by atoms with Crippen molar-refractivity contribution in [3.05, 3.63) is 33.8 Å². The predicted octanol–water partition coefficient (Wildman–Crippen LogP) is 3.86. The van der Waals surface area contributed by atoms with Gasteiger partial charge in [0.05, 0.1) is 15.6 Å². The van der Waals surface area contributed by atoms with Gasteiger partial charge in [0, 0.05) is 13.1 Å². The Morgan fingerprint density at radius 1 is 1.44 bits per heavy atom. The van der Waals surface area contributed by atoms with Crippen LogP contribution in [-0.2, 0) is 0 Å². The zero-order valence-electron chi connectivity index (χ0n) is 9.63. The maximum Gasteiger partial charge on any atom is 0.255 e. The summed E-state index contributed by atoms with van der Waals surface area (Å²) in [7, 11) is 1.77. The number of rotatable bonds is 3. The minimum absolute atomic E-state index is 0.0955. The van der Waals surface area contributed by atoms with Crippen molar-refractivity contribution < 1.29 is 4.79 Å². The molecule has 0 fully saturated rings. The van der Waals surface area contributed by atoms with Gasteiger partial charge in [-0.2, -0.15) is 0 Å². The molecule has 0 aliphatic rings. The molecule has 0 saturated heterocycles. The van der Waals surface area contributed by atoms with Crippen LogP contribution >= 0.6 is 23.2 Å². The third-order valence-electron chi connectivity index (χ3n) is 2.75. The van der Waals surface area contributed by atoms with Crippen molar-refractivity contribution in [2.75, 3.05) is 7.05 Å². The van der Waals surface area contributed by atoms with Gasteiger partial charge in [-0.1, -0.05) is 36.2 Å². The first-order valence-corrected chi connectivity index (χ1v) is 5.95. The van der Waals surface area contributed by atoms with Crippen LogP contribution in [0.25, 0.3) is 0 Å². The topological polar surface area (TPSA) is 20.3 Å². The Morgan fingerprint density at radius 2 is 2.06 bits per heavy atom. The highest BCUT2D eigenvalue weighted by Gasteiger charge is 2.19. The molecule has 0 N–H and O–H groups in total. The second-order valence-corrected chi connectivity index (χ2v) is 4.56. The average molecular weight is 260 g/mol. The summed E-state index contributed by atoms with van der Waals surface area (Å²) in [5.74, 6) is -0.0955. The first-order chi connectivity index (χ1) is 7.49. The third-order valence-corrected chi connectivity index (χ3v) is 3.57. The Morgan fingerprint density at radius 3 is 2.62 bits per heavy atom. The second-order valence-electron chi connectivity index (χ2n) is 3.77. The Hall–Kier alpha value is -0.730. The van der Waals surface area contributed by atoms with Crippen LogP contribution in [0.4, 0.5) is 0 Å². The average Bonchev–Trinajstić information content (AvgIpc) is 2.29. The quantitative estimate of drug-likeness (QED) is 0.808. The number of carbonyl (C=O) groups is 1. The molecule has 1 aromatic carbocycles. The largest absolute Gasteiger partial charge is 0.339 e. The van der Waals surface area contributed by atoms with Gasteiger partial charge in [0.1, 0.15) is 0 Å². The summed E-state index contributed by atoms with van der Waals surface area (Å²) < 4.78 is 0. The van der Waals surface area contributed by atoms with Crippen LogP contribution in [0.2, 0.25) is 10.0 Å². The van der Waals surface area contributed by atoms with Crippen molar-refractivity contribution in [1.29, 1.82) is 0 Å². The van der Waals surface area contributed by atoms with E-state index < -0.39 is 0 Å². The first-order valence-electron chi connectivity index (χ1n) is 5.20. The van der Waals surface area contributed by atoms with Gasteiger partial charge in [-0.3, -0.25) is 4.79 Å². The van der Waals surface area contributed by atoms with Crippen molar-refractivity contribution in [2.45, 2.75) is 26.3 Å². The van der Waals surface area contributed by atoms with Crippen LogP contribution in [0.5, 0.6) is 0 Å². The highest BCUT2D eigenvalue weighted by Crippen LogP contribution is 2.26. The highest BCUT2D eigenvalue weighted by molar-refractivity contribution is 6.43. The molecule has 1 rings (SSSR count). The fourth-order valence-electron chi connectivity index (χ4n) is 1.33. The van der Waals surface area contributed by atoms with Gasteiger partial charge in [-0.25, -0.2) is 0 Å². The minimum Gasteiger partial charge on any atom is -0.339 e. The Labute approximate surface area is 106 Å². The normalized spacial score (nSPS) is 12.3. The summed E-state index contributed by atoms with van der Waals surface area (Å²) in [6.07, 6.45) is 0.903. The van der Waals surface area contributed by atoms with Crippen LogP contribution in [0.15, 0.2) is 18.2 Å². The van der Waals surface area contributed by atoms with E-state index in [4.69, 9.17) is 23.2 Å².